The lowest BCUT2D eigenvalue weighted by Gasteiger charge is -2.05. The molecule has 2 aromatic heterocycles. The van der Waals surface area contributed by atoms with Gasteiger partial charge < -0.3 is 0 Å². The van der Waals surface area contributed by atoms with Gasteiger partial charge in [0, 0.05) is 29.8 Å². The molecule has 1 aromatic carbocycles. The lowest BCUT2D eigenvalue weighted by atomic mass is 10.1. The average Bonchev–Trinajstić information content (AvgIpc) is 2.74. The van der Waals surface area contributed by atoms with Gasteiger partial charge in [0.15, 0.2) is 5.82 Å². The van der Waals surface area contributed by atoms with Crippen molar-refractivity contribution in [3.8, 4) is 17.5 Å². The first-order chi connectivity index (χ1) is 13.3. The monoisotopic (exact) mass is 356 g/mol. The number of hydrogen-bond donors (Lipinski definition) is 0. The standard InChI is InChI=1S/C23H24N4/c1-2-3-4-5-20-15-26-23(27-16-20)21-11-13-22(25-17-21)12-10-18-6-8-19(14-24)9-7-18/h6-9,11,13,15-17H,2-5,10,12H2,1H3. The van der Waals surface area contributed by atoms with Crippen molar-refractivity contribution < 1.29 is 0 Å². The molecule has 4 nitrogen and oxygen atoms in total. The van der Waals surface area contributed by atoms with Gasteiger partial charge >= 0.3 is 0 Å². The minimum atomic E-state index is 0.692. The summed E-state index contributed by atoms with van der Waals surface area (Å²) in [7, 11) is 0. The normalized spacial score (nSPS) is 10.5. The zero-order chi connectivity index (χ0) is 18.9. The van der Waals surface area contributed by atoms with E-state index < -0.39 is 0 Å². The summed E-state index contributed by atoms with van der Waals surface area (Å²) in [6.45, 7) is 2.21. The molecule has 0 saturated carbocycles. The second-order valence-electron chi connectivity index (χ2n) is 6.72. The van der Waals surface area contributed by atoms with Crippen LogP contribution in [0.1, 0.15) is 48.6 Å². The molecule has 0 aliphatic carbocycles. The van der Waals surface area contributed by atoms with Gasteiger partial charge in [-0.2, -0.15) is 5.26 Å². The lowest BCUT2D eigenvalue weighted by Crippen LogP contribution is -1.97. The number of pyridine rings is 1. The van der Waals surface area contributed by atoms with Crippen LogP contribution in [0.5, 0.6) is 0 Å². The van der Waals surface area contributed by atoms with E-state index in [1.165, 1.54) is 30.4 Å². The molecule has 3 aromatic rings. The quantitative estimate of drug-likeness (QED) is 0.537. The number of aromatic nitrogens is 3. The molecule has 136 valence electrons. The number of nitriles is 1. The fraction of sp³-hybridized carbons (Fsp3) is 0.304. The van der Waals surface area contributed by atoms with Crippen molar-refractivity contribution in [1.82, 2.24) is 15.0 Å². The van der Waals surface area contributed by atoms with E-state index in [9.17, 15) is 0 Å². The Labute approximate surface area is 161 Å². The molecule has 0 atom stereocenters. The summed E-state index contributed by atoms with van der Waals surface area (Å²) < 4.78 is 0. The Morgan fingerprint density at radius 2 is 1.56 bits per heavy atom. The molecule has 0 fully saturated rings. The maximum Gasteiger partial charge on any atom is 0.160 e. The van der Waals surface area contributed by atoms with Crippen molar-refractivity contribution in [2.24, 2.45) is 0 Å². The SMILES string of the molecule is CCCCCc1cnc(-c2ccc(CCc3ccc(C#N)cc3)nc2)nc1. The van der Waals surface area contributed by atoms with Gasteiger partial charge in [-0.05, 0) is 61.1 Å². The van der Waals surface area contributed by atoms with Gasteiger partial charge in [-0.25, -0.2) is 9.97 Å². The first-order valence-corrected chi connectivity index (χ1v) is 9.53. The number of nitrogens with zero attached hydrogens (tertiary/aromatic N) is 4. The summed E-state index contributed by atoms with van der Waals surface area (Å²) in [6.07, 6.45) is 12.2. The Morgan fingerprint density at radius 1 is 0.778 bits per heavy atom. The Balaban J connectivity index is 1.57. The van der Waals surface area contributed by atoms with E-state index >= 15 is 0 Å². The summed E-state index contributed by atoms with van der Waals surface area (Å²) in [4.78, 5) is 13.5. The first-order valence-electron chi connectivity index (χ1n) is 9.53. The van der Waals surface area contributed by atoms with E-state index in [1.54, 1.807) is 0 Å². The van der Waals surface area contributed by atoms with Crippen LogP contribution in [0.3, 0.4) is 0 Å². The third kappa shape index (κ3) is 5.46. The number of hydrogen-bond acceptors (Lipinski definition) is 4. The van der Waals surface area contributed by atoms with Gasteiger partial charge in [-0.1, -0.05) is 31.9 Å². The second-order valence-corrected chi connectivity index (χ2v) is 6.72. The molecule has 4 heteroatoms. The molecule has 0 N–H and O–H groups in total. The van der Waals surface area contributed by atoms with Crippen LogP contribution < -0.4 is 0 Å². The van der Waals surface area contributed by atoms with Gasteiger partial charge in [0.1, 0.15) is 0 Å². The highest BCUT2D eigenvalue weighted by Gasteiger charge is 2.04. The highest BCUT2D eigenvalue weighted by molar-refractivity contribution is 5.53. The minimum absolute atomic E-state index is 0.692. The molecule has 0 aliphatic rings. The average molecular weight is 356 g/mol. The van der Waals surface area contributed by atoms with E-state index in [-0.39, 0.29) is 0 Å². The summed E-state index contributed by atoms with van der Waals surface area (Å²) in [5, 5.41) is 8.85. The molecule has 0 unspecified atom stereocenters. The predicted molar refractivity (Wildman–Crippen MR) is 107 cm³/mol. The van der Waals surface area contributed by atoms with Gasteiger partial charge in [-0.3, -0.25) is 4.98 Å². The van der Waals surface area contributed by atoms with Crippen LogP contribution in [0.15, 0.2) is 55.0 Å². The number of benzene rings is 1. The van der Waals surface area contributed by atoms with E-state index in [0.717, 1.165) is 36.3 Å². The maximum absolute atomic E-state index is 8.85. The fourth-order valence-electron chi connectivity index (χ4n) is 2.94. The molecule has 3 rings (SSSR count). The Morgan fingerprint density at radius 3 is 2.19 bits per heavy atom. The Kier molecular flexibility index (Phi) is 6.65. The van der Waals surface area contributed by atoms with Crippen LogP contribution in [0.2, 0.25) is 0 Å². The first kappa shape index (κ1) is 18.7. The van der Waals surface area contributed by atoms with E-state index in [2.05, 4.69) is 27.9 Å². The number of aryl methyl sites for hydroxylation is 3. The molecule has 0 amide bonds. The molecule has 0 bridgehead atoms. The second kappa shape index (κ2) is 9.59. The van der Waals surface area contributed by atoms with E-state index in [4.69, 9.17) is 5.26 Å². The van der Waals surface area contributed by atoms with Crippen molar-refractivity contribution in [2.45, 2.75) is 45.4 Å². The minimum Gasteiger partial charge on any atom is -0.261 e. The van der Waals surface area contributed by atoms with Gasteiger partial charge in [0.05, 0.1) is 11.6 Å². The third-order valence-electron chi connectivity index (χ3n) is 4.61. The third-order valence-corrected chi connectivity index (χ3v) is 4.61. The van der Waals surface area contributed by atoms with Crippen molar-refractivity contribution in [1.29, 1.82) is 5.26 Å². The molecule has 0 radical (unpaired) electrons. The van der Waals surface area contributed by atoms with Crippen LogP contribution in [-0.4, -0.2) is 15.0 Å². The maximum atomic E-state index is 8.85. The molecular formula is C23H24N4. The summed E-state index contributed by atoms with van der Waals surface area (Å²) >= 11 is 0. The molecule has 27 heavy (non-hydrogen) atoms. The summed E-state index contributed by atoms with van der Waals surface area (Å²) in [5.74, 6) is 0.723. The highest BCUT2D eigenvalue weighted by atomic mass is 14.9. The van der Waals surface area contributed by atoms with Crippen molar-refractivity contribution in [3.05, 3.63) is 77.4 Å². The lowest BCUT2D eigenvalue weighted by molar-refractivity contribution is 0.714. The van der Waals surface area contributed by atoms with Crippen LogP contribution in [-0.2, 0) is 19.3 Å². The molecule has 0 aliphatic heterocycles. The van der Waals surface area contributed by atoms with E-state index in [0.29, 0.717) is 5.56 Å². The van der Waals surface area contributed by atoms with Crippen LogP contribution in [0.25, 0.3) is 11.4 Å². The Hall–Kier alpha value is -3.06. The van der Waals surface area contributed by atoms with Crippen LogP contribution in [0.4, 0.5) is 0 Å². The fourth-order valence-corrected chi connectivity index (χ4v) is 2.94. The van der Waals surface area contributed by atoms with Crippen molar-refractivity contribution >= 4 is 0 Å². The zero-order valence-electron chi connectivity index (χ0n) is 15.7. The van der Waals surface area contributed by atoms with Gasteiger partial charge in [0.2, 0.25) is 0 Å². The molecular weight excluding hydrogens is 332 g/mol. The van der Waals surface area contributed by atoms with Gasteiger partial charge in [0.25, 0.3) is 0 Å². The smallest absolute Gasteiger partial charge is 0.160 e. The number of rotatable bonds is 8. The van der Waals surface area contributed by atoms with Crippen LogP contribution >= 0.6 is 0 Å². The molecule has 0 saturated heterocycles. The van der Waals surface area contributed by atoms with Crippen molar-refractivity contribution in [3.63, 3.8) is 0 Å². The van der Waals surface area contributed by atoms with Gasteiger partial charge in [-0.15, -0.1) is 0 Å². The molecule has 0 spiro atoms. The summed E-state index contributed by atoms with van der Waals surface area (Å²) in [5.41, 5.74) is 5.08. The van der Waals surface area contributed by atoms with Crippen molar-refractivity contribution in [2.75, 3.05) is 0 Å². The largest absolute Gasteiger partial charge is 0.261 e. The van der Waals surface area contributed by atoms with E-state index in [1.807, 2.05) is 55.0 Å². The zero-order valence-corrected chi connectivity index (χ0v) is 15.7. The highest BCUT2D eigenvalue weighted by Crippen LogP contribution is 2.15. The molecule has 2 heterocycles. The predicted octanol–water partition coefficient (Wildman–Crippen LogP) is 4.93. The number of unbranched alkanes of at least 4 members (excludes halogenated alkanes) is 2. The summed E-state index contributed by atoms with van der Waals surface area (Å²) in [6, 6.07) is 13.9. The Bertz CT molecular complexity index is 876. The van der Waals surface area contributed by atoms with Crippen LogP contribution in [0, 0.1) is 11.3 Å². The topological polar surface area (TPSA) is 62.5 Å².